The number of aliphatic carboxylic acids is 1. The van der Waals surface area contributed by atoms with Gasteiger partial charge in [-0.2, -0.15) is 0 Å². The van der Waals surface area contributed by atoms with Crippen LogP contribution in [-0.2, 0) is 9.59 Å². The summed E-state index contributed by atoms with van der Waals surface area (Å²) in [6.07, 6.45) is 3.14. The lowest BCUT2D eigenvalue weighted by atomic mass is 10.0. The molecule has 5 heteroatoms. The third kappa shape index (κ3) is 2.80. The molecule has 1 aliphatic carbocycles. The van der Waals surface area contributed by atoms with E-state index < -0.39 is 12.0 Å². The maximum Gasteiger partial charge on any atom is 0.326 e. The molecule has 2 aliphatic rings. The van der Waals surface area contributed by atoms with Crippen LogP contribution in [0.1, 0.15) is 37.2 Å². The minimum atomic E-state index is -0.883. The van der Waals surface area contributed by atoms with Gasteiger partial charge in [0, 0.05) is 12.5 Å². The van der Waals surface area contributed by atoms with Crippen molar-refractivity contribution in [3.05, 3.63) is 29.8 Å². The van der Waals surface area contributed by atoms with Crippen LogP contribution in [0.25, 0.3) is 0 Å². The lowest BCUT2D eigenvalue weighted by molar-refractivity contribution is -0.152. The van der Waals surface area contributed by atoms with E-state index in [9.17, 15) is 14.7 Å². The zero-order chi connectivity index (χ0) is 15.7. The van der Waals surface area contributed by atoms with Crippen LogP contribution in [-0.4, -0.2) is 41.6 Å². The van der Waals surface area contributed by atoms with Gasteiger partial charge in [0.15, 0.2) is 0 Å². The highest BCUT2D eigenvalue weighted by Crippen LogP contribution is 2.49. The summed E-state index contributed by atoms with van der Waals surface area (Å²) in [5.74, 6) is 0.0227. The normalized spacial score (nSPS) is 27.3. The highest BCUT2D eigenvalue weighted by Gasteiger charge is 2.48. The van der Waals surface area contributed by atoms with Crippen LogP contribution < -0.4 is 4.74 Å². The molecular formula is C17H21NO4. The molecule has 1 aromatic carbocycles. The molecule has 118 valence electrons. The van der Waals surface area contributed by atoms with Crippen molar-refractivity contribution in [1.29, 1.82) is 0 Å². The lowest BCUT2D eigenvalue weighted by Gasteiger charge is -2.33. The predicted molar refractivity (Wildman–Crippen MR) is 80.8 cm³/mol. The Morgan fingerprint density at radius 1 is 1.32 bits per heavy atom. The van der Waals surface area contributed by atoms with Crippen LogP contribution in [0.2, 0.25) is 0 Å². The van der Waals surface area contributed by atoms with Crippen molar-refractivity contribution < 1.29 is 19.4 Å². The number of benzene rings is 1. The predicted octanol–water partition coefficient (Wildman–Crippen LogP) is 2.26. The van der Waals surface area contributed by atoms with Gasteiger partial charge in [0.25, 0.3) is 0 Å². The Morgan fingerprint density at radius 3 is 2.86 bits per heavy atom. The number of carboxylic acid groups (broad SMARTS) is 1. The molecular weight excluding hydrogens is 282 g/mol. The molecule has 3 rings (SSSR count). The molecule has 1 saturated heterocycles. The second-order valence-corrected chi connectivity index (χ2v) is 6.11. The summed E-state index contributed by atoms with van der Waals surface area (Å²) in [7, 11) is 1.62. The van der Waals surface area contributed by atoms with Crippen molar-refractivity contribution in [3.63, 3.8) is 0 Å². The standard InChI is InChI=1S/C17H21NO4/c1-22-12-6-4-5-11(9-12)13-10-14(13)16(19)18-8-3-2-7-15(18)17(20)21/h4-6,9,13-15H,2-3,7-8,10H2,1H3,(H,20,21)/t13-,14-,15-/m0/s1. The van der Waals surface area contributed by atoms with Crippen molar-refractivity contribution in [1.82, 2.24) is 4.90 Å². The SMILES string of the molecule is COc1cccc([C@@H]2C[C@@H]2C(=O)N2CCCC[C@H]2C(=O)O)c1. The number of carbonyl (C=O) groups excluding carboxylic acids is 1. The second-order valence-electron chi connectivity index (χ2n) is 6.11. The highest BCUT2D eigenvalue weighted by atomic mass is 16.5. The molecule has 1 aliphatic heterocycles. The monoisotopic (exact) mass is 303 g/mol. The van der Waals surface area contributed by atoms with Gasteiger partial charge >= 0.3 is 5.97 Å². The molecule has 1 aromatic rings. The number of nitrogens with zero attached hydrogens (tertiary/aromatic N) is 1. The average Bonchev–Trinajstić information content (AvgIpc) is 3.35. The zero-order valence-electron chi connectivity index (χ0n) is 12.7. The molecule has 1 heterocycles. The van der Waals surface area contributed by atoms with Crippen molar-refractivity contribution in [3.8, 4) is 5.75 Å². The first-order valence-corrected chi connectivity index (χ1v) is 7.79. The van der Waals surface area contributed by atoms with Gasteiger partial charge in [-0.15, -0.1) is 0 Å². The fourth-order valence-electron chi connectivity index (χ4n) is 3.37. The van der Waals surface area contributed by atoms with Gasteiger partial charge in [-0.05, 0) is 49.3 Å². The molecule has 5 nitrogen and oxygen atoms in total. The molecule has 1 saturated carbocycles. The fraction of sp³-hybridized carbons (Fsp3) is 0.529. The minimum Gasteiger partial charge on any atom is -0.497 e. The molecule has 3 atom stereocenters. The minimum absolute atomic E-state index is 0.0000742. The van der Waals surface area contributed by atoms with Crippen molar-refractivity contribution in [2.45, 2.75) is 37.6 Å². The summed E-state index contributed by atoms with van der Waals surface area (Å²) in [6, 6.07) is 7.13. The Balaban J connectivity index is 1.70. The number of methoxy groups -OCH3 is 1. The van der Waals surface area contributed by atoms with Gasteiger partial charge in [-0.3, -0.25) is 4.79 Å². The molecule has 1 N–H and O–H groups in total. The number of likely N-dealkylation sites (tertiary alicyclic amines) is 1. The summed E-state index contributed by atoms with van der Waals surface area (Å²) >= 11 is 0. The first-order valence-electron chi connectivity index (χ1n) is 7.79. The molecule has 0 bridgehead atoms. The van der Waals surface area contributed by atoms with Crippen molar-refractivity contribution >= 4 is 11.9 Å². The van der Waals surface area contributed by atoms with E-state index >= 15 is 0 Å². The van der Waals surface area contributed by atoms with Gasteiger partial charge in [-0.25, -0.2) is 4.79 Å². The lowest BCUT2D eigenvalue weighted by Crippen LogP contribution is -2.48. The Hall–Kier alpha value is -2.04. The number of hydrogen-bond donors (Lipinski definition) is 1. The number of ether oxygens (including phenoxy) is 1. The van der Waals surface area contributed by atoms with Gasteiger partial charge < -0.3 is 14.7 Å². The first-order chi connectivity index (χ1) is 10.6. The van der Waals surface area contributed by atoms with Gasteiger partial charge in [0.2, 0.25) is 5.91 Å². The summed E-state index contributed by atoms with van der Waals surface area (Å²) in [5.41, 5.74) is 1.10. The van der Waals surface area contributed by atoms with E-state index in [0.717, 1.165) is 30.6 Å². The highest BCUT2D eigenvalue weighted by molar-refractivity contribution is 5.87. The van der Waals surface area contributed by atoms with Gasteiger partial charge in [-0.1, -0.05) is 12.1 Å². The molecule has 1 amide bonds. The van der Waals surface area contributed by atoms with Crippen LogP contribution in [0, 0.1) is 5.92 Å². The van der Waals surface area contributed by atoms with Crippen LogP contribution in [0.4, 0.5) is 0 Å². The number of piperidine rings is 1. The van der Waals surface area contributed by atoms with Crippen LogP contribution in [0.3, 0.4) is 0 Å². The molecule has 22 heavy (non-hydrogen) atoms. The number of amides is 1. The summed E-state index contributed by atoms with van der Waals surface area (Å²) in [6.45, 7) is 0.567. The van der Waals surface area contributed by atoms with E-state index in [2.05, 4.69) is 0 Å². The Bertz CT molecular complexity index is 586. The van der Waals surface area contributed by atoms with Crippen molar-refractivity contribution in [2.75, 3.05) is 13.7 Å². The Morgan fingerprint density at radius 2 is 2.14 bits per heavy atom. The number of rotatable bonds is 4. The molecule has 0 spiro atoms. The van der Waals surface area contributed by atoms with Crippen LogP contribution in [0.15, 0.2) is 24.3 Å². The average molecular weight is 303 g/mol. The van der Waals surface area contributed by atoms with Crippen molar-refractivity contribution in [2.24, 2.45) is 5.92 Å². The molecule has 2 fully saturated rings. The smallest absolute Gasteiger partial charge is 0.326 e. The van der Waals surface area contributed by atoms with E-state index in [0.29, 0.717) is 13.0 Å². The summed E-state index contributed by atoms with van der Waals surface area (Å²) in [4.78, 5) is 25.6. The molecule has 0 unspecified atom stereocenters. The van der Waals surface area contributed by atoms with E-state index in [-0.39, 0.29) is 17.7 Å². The van der Waals surface area contributed by atoms with Gasteiger partial charge in [0.05, 0.1) is 7.11 Å². The third-order valence-electron chi connectivity index (χ3n) is 4.70. The zero-order valence-corrected chi connectivity index (χ0v) is 12.7. The summed E-state index contributed by atoms with van der Waals surface area (Å²) < 4.78 is 5.22. The Labute approximate surface area is 129 Å². The third-order valence-corrected chi connectivity index (χ3v) is 4.70. The molecule has 0 radical (unpaired) electrons. The second kappa shape index (κ2) is 5.99. The Kier molecular flexibility index (Phi) is 4.05. The molecule has 0 aromatic heterocycles. The number of carbonyl (C=O) groups is 2. The maximum absolute atomic E-state index is 12.6. The first kappa shape index (κ1) is 14.9. The van der Waals surface area contributed by atoms with Gasteiger partial charge in [0.1, 0.15) is 11.8 Å². The quantitative estimate of drug-likeness (QED) is 0.926. The number of hydrogen-bond acceptors (Lipinski definition) is 3. The number of carboxylic acids is 1. The largest absolute Gasteiger partial charge is 0.497 e. The van der Waals surface area contributed by atoms with Crippen LogP contribution in [0.5, 0.6) is 5.75 Å². The van der Waals surface area contributed by atoms with E-state index in [1.807, 2.05) is 24.3 Å². The fourth-order valence-corrected chi connectivity index (χ4v) is 3.37. The van der Waals surface area contributed by atoms with E-state index in [1.54, 1.807) is 12.0 Å². The summed E-state index contributed by atoms with van der Waals surface area (Å²) in [5, 5.41) is 9.30. The maximum atomic E-state index is 12.6. The van der Waals surface area contributed by atoms with E-state index in [1.165, 1.54) is 0 Å². The van der Waals surface area contributed by atoms with E-state index in [4.69, 9.17) is 4.74 Å². The van der Waals surface area contributed by atoms with Crippen LogP contribution >= 0.6 is 0 Å². The topological polar surface area (TPSA) is 66.8 Å².